The Morgan fingerprint density at radius 3 is 2.06 bits per heavy atom. The summed E-state index contributed by atoms with van der Waals surface area (Å²) in [6.45, 7) is 2.28. The van der Waals surface area contributed by atoms with Crippen LogP contribution in [0.2, 0.25) is 0 Å². The van der Waals surface area contributed by atoms with Crippen LogP contribution >= 0.6 is 0 Å². The molecule has 0 radical (unpaired) electrons. The molecule has 0 N–H and O–H groups in total. The number of hydrogen-bond donors (Lipinski definition) is 0. The number of aromatic nitrogens is 3. The smallest absolute Gasteiger partial charge is 0.339 e. The molecule has 0 aliphatic heterocycles. The molecule has 2 aromatic heterocycles. The van der Waals surface area contributed by atoms with E-state index in [9.17, 15) is 14.4 Å². The van der Waals surface area contributed by atoms with Gasteiger partial charge in [0.15, 0.2) is 0 Å². The number of pyridine rings is 1. The van der Waals surface area contributed by atoms with Crippen molar-refractivity contribution >= 4 is 17.0 Å². The zero-order chi connectivity index (χ0) is 21.8. The van der Waals surface area contributed by atoms with E-state index in [2.05, 4.69) is 4.98 Å². The van der Waals surface area contributed by atoms with E-state index < -0.39 is 17.2 Å². The summed E-state index contributed by atoms with van der Waals surface area (Å²) in [5.41, 5.74) is 1.17. The molecule has 7 nitrogen and oxygen atoms in total. The number of fused-ring (bicyclic) bond motifs is 1. The first-order valence-corrected chi connectivity index (χ1v) is 9.97. The van der Waals surface area contributed by atoms with Gasteiger partial charge in [0.2, 0.25) is 0 Å². The third kappa shape index (κ3) is 4.16. The topological polar surface area (TPSA) is 83.2 Å². The lowest BCUT2D eigenvalue weighted by molar-refractivity contribution is 0.0526. The number of hydrogen-bond acceptors (Lipinski definition) is 5. The summed E-state index contributed by atoms with van der Waals surface area (Å²) in [6, 6.07) is 20.2. The van der Waals surface area contributed by atoms with Crippen molar-refractivity contribution in [2.75, 3.05) is 6.61 Å². The fourth-order valence-electron chi connectivity index (χ4n) is 3.44. The second-order valence-corrected chi connectivity index (χ2v) is 7.05. The first-order valence-electron chi connectivity index (χ1n) is 9.97. The number of ether oxygens (including phenoxy) is 1. The molecular formula is C24H21N3O4. The van der Waals surface area contributed by atoms with Crippen LogP contribution < -0.4 is 11.2 Å². The Bertz CT molecular complexity index is 1340. The lowest BCUT2D eigenvalue weighted by Crippen LogP contribution is -2.41. The first-order chi connectivity index (χ1) is 15.1. The molecule has 31 heavy (non-hydrogen) atoms. The van der Waals surface area contributed by atoms with Crippen LogP contribution in [0, 0.1) is 0 Å². The average Bonchev–Trinajstić information content (AvgIpc) is 2.80. The van der Waals surface area contributed by atoms with Gasteiger partial charge < -0.3 is 4.74 Å². The molecule has 0 unspecified atom stereocenters. The van der Waals surface area contributed by atoms with Crippen LogP contribution in [0.15, 0.2) is 82.5 Å². The molecule has 0 fully saturated rings. The van der Waals surface area contributed by atoms with Gasteiger partial charge in [-0.05, 0) is 24.1 Å². The largest absolute Gasteiger partial charge is 0.462 e. The molecule has 0 spiro atoms. The van der Waals surface area contributed by atoms with Crippen LogP contribution in [-0.2, 0) is 17.8 Å². The molecule has 0 atom stereocenters. The van der Waals surface area contributed by atoms with Crippen molar-refractivity contribution in [1.82, 2.24) is 14.1 Å². The molecule has 0 amide bonds. The van der Waals surface area contributed by atoms with Gasteiger partial charge in [0.1, 0.15) is 5.65 Å². The maximum Gasteiger partial charge on any atom is 0.339 e. The zero-order valence-electron chi connectivity index (χ0n) is 17.0. The highest BCUT2D eigenvalue weighted by Crippen LogP contribution is 2.12. The van der Waals surface area contributed by atoms with Gasteiger partial charge in [-0.2, -0.15) is 0 Å². The fraction of sp³-hybridized carbons (Fsp3) is 0.167. The maximum atomic E-state index is 13.3. The highest BCUT2D eigenvalue weighted by molar-refractivity contribution is 5.92. The predicted molar refractivity (Wildman–Crippen MR) is 117 cm³/mol. The van der Waals surface area contributed by atoms with Crippen LogP contribution in [0.3, 0.4) is 0 Å². The number of rotatable bonds is 6. The monoisotopic (exact) mass is 415 g/mol. The first kappa shape index (κ1) is 20.3. The Balaban J connectivity index is 1.93. The molecule has 4 rings (SSSR count). The second kappa shape index (κ2) is 8.79. The third-order valence-corrected chi connectivity index (χ3v) is 4.94. The average molecular weight is 415 g/mol. The minimum atomic E-state index is -0.563. The number of benzene rings is 2. The highest BCUT2D eigenvalue weighted by atomic mass is 16.5. The standard InChI is InChI=1S/C24H21N3O4/c1-2-31-23(29)19-13-20-21(25-14-19)26(15-17-9-5-3-6-10-17)24(30)27(22(20)28)16-18-11-7-4-8-12-18/h3-14H,2,15-16H2,1H3. The predicted octanol–water partition coefficient (Wildman–Crippen LogP) is 2.83. The molecule has 2 heterocycles. The summed E-state index contributed by atoms with van der Waals surface area (Å²) in [5, 5.41) is 0.192. The molecule has 4 aromatic rings. The molecule has 0 aliphatic rings. The number of carbonyl (C=O) groups excluding carboxylic acids is 1. The van der Waals surface area contributed by atoms with E-state index in [0.717, 1.165) is 11.1 Å². The van der Waals surface area contributed by atoms with Crippen LogP contribution in [0.5, 0.6) is 0 Å². The molecule has 0 bridgehead atoms. The number of nitrogens with zero attached hydrogens (tertiary/aromatic N) is 3. The van der Waals surface area contributed by atoms with Gasteiger partial charge in [0.25, 0.3) is 5.56 Å². The Kier molecular flexibility index (Phi) is 5.75. The SMILES string of the molecule is CCOC(=O)c1cnc2c(c1)c(=O)n(Cc1ccccc1)c(=O)n2Cc1ccccc1. The zero-order valence-corrected chi connectivity index (χ0v) is 17.0. The summed E-state index contributed by atoms with van der Waals surface area (Å²) in [6.07, 6.45) is 1.34. The minimum Gasteiger partial charge on any atom is -0.462 e. The molecule has 0 saturated carbocycles. The van der Waals surface area contributed by atoms with Gasteiger partial charge in [0.05, 0.1) is 30.6 Å². The summed E-state index contributed by atoms with van der Waals surface area (Å²) < 4.78 is 7.68. The van der Waals surface area contributed by atoms with Crippen molar-refractivity contribution in [2.24, 2.45) is 0 Å². The summed E-state index contributed by atoms with van der Waals surface area (Å²) in [7, 11) is 0. The number of carbonyl (C=O) groups is 1. The lowest BCUT2D eigenvalue weighted by atomic mass is 10.2. The van der Waals surface area contributed by atoms with E-state index in [1.54, 1.807) is 6.92 Å². The van der Waals surface area contributed by atoms with Crippen molar-refractivity contribution in [2.45, 2.75) is 20.0 Å². The lowest BCUT2D eigenvalue weighted by Gasteiger charge is -2.14. The minimum absolute atomic E-state index is 0.118. The summed E-state index contributed by atoms with van der Waals surface area (Å²) in [4.78, 5) is 43.1. The Morgan fingerprint density at radius 2 is 1.48 bits per heavy atom. The van der Waals surface area contributed by atoms with E-state index in [0.29, 0.717) is 0 Å². The van der Waals surface area contributed by atoms with Gasteiger partial charge in [-0.15, -0.1) is 0 Å². The van der Waals surface area contributed by atoms with Gasteiger partial charge in [-0.3, -0.25) is 13.9 Å². The van der Waals surface area contributed by atoms with Crippen molar-refractivity contribution in [3.05, 3.63) is 110 Å². The highest BCUT2D eigenvalue weighted by Gasteiger charge is 2.17. The molecule has 0 aliphatic carbocycles. The Labute approximate surface area is 178 Å². The maximum absolute atomic E-state index is 13.3. The van der Waals surface area contributed by atoms with Crippen LogP contribution in [0.25, 0.3) is 11.0 Å². The van der Waals surface area contributed by atoms with Gasteiger partial charge in [0, 0.05) is 6.20 Å². The van der Waals surface area contributed by atoms with E-state index >= 15 is 0 Å². The molecule has 156 valence electrons. The van der Waals surface area contributed by atoms with Crippen LogP contribution in [0.4, 0.5) is 0 Å². The summed E-state index contributed by atoms with van der Waals surface area (Å²) in [5.74, 6) is -0.563. The third-order valence-electron chi connectivity index (χ3n) is 4.94. The Morgan fingerprint density at radius 1 is 0.903 bits per heavy atom. The van der Waals surface area contributed by atoms with Crippen LogP contribution in [0.1, 0.15) is 28.4 Å². The second-order valence-electron chi connectivity index (χ2n) is 7.05. The molecule has 7 heteroatoms. The normalized spacial score (nSPS) is 10.9. The van der Waals surface area contributed by atoms with E-state index in [1.165, 1.54) is 21.4 Å². The summed E-state index contributed by atoms with van der Waals surface area (Å²) >= 11 is 0. The van der Waals surface area contributed by atoms with Crippen molar-refractivity contribution < 1.29 is 9.53 Å². The van der Waals surface area contributed by atoms with Gasteiger partial charge in [-0.25, -0.2) is 14.6 Å². The number of esters is 1. The molecule has 0 saturated heterocycles. The van der Waals surface area contributed by atoms with E-state index in [4.69, 9.17) is 4.74 Å². The molecule has 2 aromatic carbocycles. The Hall–Kier alpha value is -4.00. The van der Waals surface area contributed by atoms with E-state index in [1.807, 2.05) is 60.7 Å². The van der Waals surface area contributed by atoms with Crippen molar-refractivity contribution in [3.8, 4) is 0 Å². The molecular weight excluding hydrogens is 394 g/mol. The van der Waals surface area contributed by atoms with Crippen LogP contribution in [-0.4, -0.2) is 26.7 Å². The van der Waals surface area contributed by atoms with Gasteiger partial charge >= 0.3 is 11.7 Å². The van der Waals surface area contributed by atoms with Crippen molar-refractivity contribution in [3.63, 3.8) is 0 Å². The van der Waals surface area contributed by atoms with E-state index in [-0.39, 0.29) is 36.3 Å². The van der Waals surface area contributed by atoms with Gasteiger partial charge in [-0.1, -0.05) is 60.7 Å². The quantitative estimate of drug-likeness (QED) is 0.452. The fourth-order valence-corrected chi connectivity index (χ4v) is 3.44. The van der Waals surface area contributed by atoms with Crippen molar-refractivity contribution in [1.29, 1.82) is 0 Å².